The second kappa shape index (κ2) is 7.97. The van der Waals surface area contributed by atoms with Gasteiger partial charge in [0.1, 0.15) is 18.4 Å². The molecule has 0 bridgehead atoms. The van der Waals surface area contributed by atoms with Gasteiger partial charge in [-0.25, -0.2) is 4.98 Å². The van der Waals surface area contributed by atoms with E-state index in [9.17, 15) is 0 Å². The van der Waals surface area contributed by atoms with Gasteiger partial charge in [0, 0.05) is 42.3 Å². The van der Waals surface area contributed by atoms with Crippen LogP contribution in [0.1, 0.15) is 5.56 Å². The highest BCUT2D eigenvalue weighted by Gasteiger charge is 2.21. The van der Waals surface area contributed by atoms with Gasteiger partial charge < -0.3 is 24.4 Å². The maximum atomic E-state index is 6.66. The molecule has 0 aliphatic carbocycles. The van der Waals surface area contributed by atoms with Gasteiger partial charge >= 0.3 is 0 Å². The summed E-state index contributed by atoms with van der Waals surface area (Å²) < 4.78 is 16.8. The lowest BCUT2D eigenvalue weighted by molar-refractivity contribution is 0.123. The van der Waals surface area contributed by atoms with Crippen LogP contribution in [0.15, 0.2) is 42.5 Å². The van der Waals surface area contributed by atoms with E-state index in [1.807, 2.05) is 36.4 Å². The monoisotopic (exact) mass is 411 g/mol. The van der Waals surface area contributed by atoms with Crippen molar-refractivity contribution >= 4 is 33.9 Å². The topological polar surface area (TPSA) is 55.9 Å². The van der Waals surface area contributed by atoms with Crippen LogP contribution in [0.5, 0.6) is 11.5 Å². The normalized spacial score (nSPS) is 16.1. The lowest BCUT2D eigenvalue weighted by atomic mass is 10.1. The van der Waals surface area contributed by atoms with Crippen LogP contribution in [-0.2, 0) is 11.3 Å². The first-order valence-corrected chi connectivity index (χ1v) is 10.2. The minimum atomic E-state index is 0.523. The second-order valence-corrected chi connectivity index (χ2v) is 7.42. The maximum Gasteiger partial charge on any atom is 0.163 e. The Morgan fingerprint density at radius 2 is 1.76 bits per heavy atom. The first-order valence-electron chi connectivity index (χ1n) is 9.83. The molecule has 3 heterocycles. The fourth-order valence-corrected chi connectivity index (χ4v) is 4.10. The molecular formula is C22H22ClN3O3. The third kappa shape index (κ3) is 3.66. The SMILES string of the molecule is Clc1nc2ccccc2c(N2CCOCC2)c1CNc1ccc2c(c1)OCCO2. The zero-order valence-electron chi connectivity index (χ0n) is 16.0. The van der Waals surface area contributed by atoms with Gasteiger partial charge in [0.25, 0.3) is 0 Å². The lowest BCUT2D eigenvalue weighted by Crippen LogP contribution is -2.37. The van der Waals surface area contributed by atoms with Crippen LogP contribution in [0.4, 0.5) is 11.4 Å². The summed E-state index contributed by atoms with van der Waals surface area (Å²) in [6.07, 6.45) is 0. The molecule has 0 radical (unpaired) electrons. The molecule has 2 aliphatic rings. The third-order valence-corrected chi connectivity index (χ3v) is 5.56. The molecule has 0 saturated carbocycles. The smallest absolute Gasteiger partial charge is 0.163 e. The van der Waals surface area contributed by atoms with Crippen molar-refractivity contribution in [1.82, 2.24) is 4.98 Å². The maximum absolute atomic E-state index is 6.66. The summed E-state index contributed by atoms with van der Waals surface area (Å²) in [5, 5.41) is 5.11. The van der Waals surface area contributed by atoms with E-state index in [1.165, 1.54) is 0 Å². The molecule has 0 unspecified atom stereocenters. The van der Waals surface area contributed by atoms with E-state index in [0.29, 0.717) is 38.1 Å². The molecule has 0 spiro atoms. The van der Waals surface area contributed by atoms with Gasteiger partial charge in [0.2, 0.25) is 0 Å². The molecule has 6 nitrogen and oxygen atoms in total. The number of rotatable bonds is 4. The molecule has 0 amide bonds. The number of morpholine rings is 1. The van der Waals surface area contributed by atoms with Crippen LogP contribution in [0.2, 0.25) is 5.15 Å². The van der Waals surface area contributed by atoms with Crippen molar-refractivity contribution in [3.63, 3.8) is 0 Å². The van der Waals surface area contributed by atoms with Gasteiger partial charge in [0.15, 0.2) is 11.5 Å². The predicted molar refractivity (Wildman–Crippen MR) is 115 cm³/mol. The van der Waals surface area contributed by atoms with Gasteiger partial charge in [-0.15, -0.1) is 0 Å². The van der Waals surface area contributed by atoms with Crippen LogP contribution in [0.3, 0.4) is 0 Å². The number of nitrogens with one attached hydrogen (secondary N) is 1. The average Bonchev–Trinajstić information content (AvgIpc) is 2.78. The van der Waals surface area contributed by atoms with Gasteiger partial charge in [-0.05, 0) is 18.2 Å². The van der Waals surface area contributed by atoms with E-state index in [1.54, 1.807) is 0 Å². The zero-order chi connectivity index (χ0) is 19.6. The number of ether oxygens (including phenoxy) is 3. The Morgan fingerprint density at radius 3 is 2.62 bits per heavy atom. The summed E-state index contributed by atoms with van der Waals surface area (Å²) in [7, 11) is 0. The van der Waals surface area contributed by atoms with E-state index in [0.717, 1.165) is 52.4 Å². The first-order chi connectivity index (χ1) is 14.3. The number of benzene rings is 2. The number of hydrogen-bond donors (Lipinski definition) is 1. The van der Waals surface area contributed by atoms with Gasteiger partial charge in [-0.2, -0.15) is 0 Å². The molecular weight excluding hydrogens is 390 g/mol. The number of hydrogen-bond acceptors (Lipinski definition) is 6. The van der Waals surface area contributed by atoms with E-state index in [-0.39, 0.29) is 0 Å². The molecule has 2 aliphatic heterocycles. The van der Waals surface area contributed by atoms with Crippen molar-refractivity contribution in [2.45, 2.75) is 6.54 Å². The summed E-state index contributed by atoms with van der Waals surface area (Å²) in [5.41, 5.74) is 3.98. The number of anilines is 2. The largest absolute Gasteiger partial charge is 0.486 e. The fourth-order valence-electron chi connectivity index (χ4n) is 3.85. The summed E-state index contributed by atoms with van der Waals surface area (Å²) in [6, 6.07) is 14.0. The average molecular weight is 412 g/mol. The minimum Gasteiger partial charge on any atom is -0.486 e. The Morgan fingerprint density at radius 1 is 0.966 bits per heavy atom. The molecule has 7 heteroatoms. The summed E-state index contributed by atoms with van der Waals surface area (Å²) in [4.78, 5) is 6.98. The van der Waals surface area contributed by atoms with Crippen molar-refractivity contribution in [3.05, 3.63) is 53.2 Å². The molecule has 150 valence electrons. The first kappa shape index (κ1) is 18.3. The van der Waals surface area contributed by atoms with Gasteiger partial charge in [0.05, 0.1) is 24.4 Å². The molecule has 0 atom stereocenters. The Balaban J connectivity index is 1.49. The number of aromatic nitrogens is 1. The number of nitrogens with zero attached hydrogens (tertiary/aromatic N) is 2. The molecule has 1 aromatic heterocycles. The number of pyridine rings is 1. The standard InChI is InChI=1S/C22H22ClN3O3/c23-22-17(14-24-15-5-6-19-20(13-15)29-12-11-28-19)21(26-7-9-27-10-8-26)16-3-1-2-4-18(16)25-22/h1-6,13,24H,7-12,14H2. The van der Waals surface area contributed by atoms with Crippen LogP contribution >= 0.6 is 11.6 Å². The molecule has 2 aromatic carbocycles. The molecule has 1 saturated heterocycles. The molecule has 1 N–H and O–H groups in total. The van der Waals surface area contributed by atoms with Crippen molar-refractivity contribution in [3.8, 4) is 11.5 Å². The minimum absolute atomic E-state index is 0.523. The Labute approximate surface area is 174 Å². The van der Waals surface area contributed by atoms with E-state index in [4.69, 9.17) is 25.8 Å². The highest BCUT2D eigenvalue weighted by Crippen LogP contribution is 2.36. The second-order valence-electron chi connectivity index (χ2n) is 7.06. The van der Waals surface area contributed by atoms with E-state index in [2.05, 4.69) is 21.3 Å². The third-order valence-electron chi connectivity index (χ3n) is 5.25. The Hall–Kier alpha value is -2.70. The van der Waals surface area contributed by atoms with Crippen molar-refractivity contribution in [2.75, 3.05) is 49.7 Å². The summed E-state index contributed by atoms with van der Waals surface area (Å²) >= 11 is 6.66. The fraction of sp³-hybridized carbons (Fsp3) is 0.318. The van der Waals surface area contributed by atoms with Gasteiger partial charge in [-0.3, -0.25) is 0 Å². The van der Waals surface area contributed by atoms with Crippen molar-refractivity contribution in [2.24, 2.45) is 0 Å². The van der Waals surface area contributed by atoms with Crippen LogP contribution < -0.4 is 19.7 Å². The highest BCUT2D eigenvalue weighted by molar-refractivity contribution is 6.31. The summed E-state index contributed by atoms with van der Waals surface area (Å²) in [5.74, 6) is 1.54. The summed E-state index contributed by atoms with van der Waals surface area (Å²) in [6.45, 7) is 4.80. The quantitative estimate of drug-likeness (QED) is 0.652. The van der Waals surface area contributed by atoms with E-state index < -0.39 is 0 Å². The molecule has 29 heavy (non-hydrogen) atoms. The number of fused-ring (bicyclic) bond motifs is 2. The van der Waals surface area contributed by atoms with Crippen LogP contribution in [0, 0.1) is 0 Å². The van der Waals surface area contributed by atoms with Crippen LogP contribution in [-0.4, -0.2) is 44.5 Å². The number of halogens is 1. The van der Waals surface area contributed by atoms with Crippen molar-refractivity contribution < 1.29 is 14.2 Å². The van der Waals surface area contributed by atoms with Crippen molar-refractivity contribution in [1.29, 1.82) is 0 Å². The Kier molecular flexibility index (Phi) is 5.04. The van der Waals surface area contributed by atoms with Gasteiger partial charge in [-0.1, -0.05) is 29.8 Å². The molecule has 1 fully saturated rings. The predicted octanol–water partition coefficient (Wildman–Crippen LogP) is 4.11. The molecule has 5 rings (SSSR count). The Bertz CT molecular complexity index is 1040. The number of para-hydroxylation sites is 1. The highest BCUT2D eigenvalue weighted by atomic mass is 35.5. The van der Waals surface area contributed by atoms with E-state index >= 15 is 0 Å². The van der Waals surface area contributed by atoms with Crippen LogP contribution in [0.25, 0.3) is 10.9 Å². The molecule has 3 aromatic rings. The lowest BCUT2D eigenvalue weighted by Gasteiger charge is -2.32. The zero-order valence-corrected chi connectivity index (χ0v) is 16.7.